The van der Waals surface area contributed by atoms with Crippen molar-refractivity contribution in [3.8, 4) is 5.75 Å². The lowest BCUT2D eigenvalue weighted by atomic mass is 9.82. The summed E-state index contributed by atoms with van der Waals surface area (Å²) in [5, 5.41) is 6.08. The van der Waals surface area contributed by atoms with E-state index in [0.29, 0.717) is 6.61 Å². The highest BCUT2D eigenvalue weighted by atomic mass is 16.5. The molecule has 4 rings (SSSR count). The molecule has 2 amide bonds. The Balaban J connectivity index is 1.81. The molecule has 25 heavy (non-hydrogen) atoms. The second kappa shape index (κ2) is 6.48. The number of nitrogens with one attached hydrogen (secondary N) is 2. The molecule has 126 valence electrons. The van der Waals surface area contributed by atoms with Crippen molar-refractivity contribution in [3.05, 3.63) is 83.4 Å². The maximum absolute atomic E-state index is 12.3. The zero-order chi connectivity index (χ0) is 17.2. The molecule has 2 aromatic rings. The molecule has 1 unspecified atom stereocenters. The lowest BCUT2D eigenvalue weighted by Gasteiger charge is -2.34. The molecule has 1 heterocycles. The van der Waals surface area contributed by atoms with Gasteiger partial charge in [0.1, 0.15) is 12.4 Å². The topological polar surface area (TPSA) is 50.4 Å². The second-order valence-corrected chi connectivity index (χ2v) is 6.23. The third kappa shape index (κ3) is 2.80. The van der Waals surface area contributed by atoms with Gasteiger partial charge in [0.05, 0.1) is 11.7 Å². The number of hydrogen-bond donors (Lipinski definition) is 2. The van der Waals surface area contributed by atoms with Gasteiger partial charge in [0.15, 0.2) is 0 Å². The summed E-state index contributed by atoms with van der Waals surface area (Å²) in [7, 11) is 0. The van der Waals surface area contributed by atoms with Gasteiger partial charge in [-0.3, -0.25) is 0 Å². The molecule has 2 aromatic carbocycles. The van der Waals surface area contributed by atoms with E-state index in [1.807, 2.05) is 36.4 Å². The number of para-hydroxylation sites is 1. The zero-order valence-corrected chi connectivity index (χ0v) is 13.9. The Hall–Kier alpha value is -3.01. The van der Waals surface area contributed by atoms with E-state index in [1.54, 1.807) is 6.08 Å². The smallest absolute Gasteiger partial charge is 0.320 e. The van der Waals surface area contributed by atoms with E-state index < -0.39 is 0 Å². The van der Waals surface area contributed by atoms with Crippen LogP contribution in [0.25, 0.3) is 5.70 Å². The van der Waals surface area contributed by atoms with E-state index in [9.17, 15) is 4.79 Å². The number of rotatable bonds is 4. The SMILES string of the molecule is C=CCOc1ccccc1C1NC(=O)NC2=C1CCc1ccccc12. The van der Waals surface area contributed by atoms with Gasteiger partial charge in [0, 0.05) is 11.1 Å². The number of aryl methyl sites for hydroxylation is 1. The number of carbonyl (C=O) groups is 1. The van der Waals surface area contributed by atoms with Crippen LogP contribution < -0.4 is 15.4 Å². The summed E-state index contributed by atoms with van der Waals surface area (Å²) in [4.78, 5) is 12.3. The Morgan fingerprint density at radius 1 is 1.12 bits per heavy atom. The van der Waals surface area contributed by atoms with Crippen LogP contribution in [0.1, 0.15) is 29.2 Å². The molecule has 0 radical (unpaired) electrons. The Morgan fingerprint density at radius 3 is 2.80 bits per heavy atom. The first kappa shape index (κ1) is 15.5. The standard InChI is InChI=1S/C21H20N2O2/c1-2-13-25-18-10-6-5-9-16(18)20-17-12-11-14-7-3-4-8-15(14)19(17)22-21(24)23-20/h2-10,20H,1,11-13H2,(H2,22,23,24). The van der Waals surface area contributed by atoms with E-state index >= 15 is 0 Å². The first-order valence-electron chi connectivity index (χ1n) is 8.49. The number of hydrogen-bond acceptors (Lipinski definition) is 2. The van der Waals surface area contributed by atoms with E-state index in [0.717, 1.165) is 35.4 Å². The summed E-state index contributed by atoms with van der Waals surface area (Å²) in [6.45, 7) is 4.14. The Labute approximate surface area is 147 Å². The van der Waals surface area contributed by atoms with Crippen LogP contribution in [-0.4, -0.2) is 12.6 Å². The molecule has 1 atom stereocenters. The summed E-state index contributed by atoms with van der Waals surface area (Å²) >= 11 is 0. The molecule has 2 aliphatic rings. The van der Waals surface area contributed by atoms with Gasteiger partial charge in [0.2, 0.25) is 0 Å². The molecule has 4 nitrogen and oxygen atoms in total. The maximum Gasteiger partial charge on any atom is 0.320 e. The van der Waals surface area contributed by atoms with E-state index in [-0.39, 0.29) is 12.1 Å². The first-order chi connectivity index (χ1) is 12.3. The summed E-state index contributed by atoms with van der Waals surface area (Å²) in [6, 6.07) is 15.8. The van der Waals surface area contributed by atoms with Crippen LogP contribution in [0.2, 0.25) is 0 Å². The van der Waals surface area contributed by atoms with Crippen molar-refractivity contribution in [1.82, 2.24) is 10.6 Å². The Bertz CT molecular complexity index is 870. The normalized spacial score (nSPS) is 18.6. The number of ether oxygens (including phenoxy) is 1. The Kier molecular flexibility index (Phi) is 4.02. The fraction of sp³-hybridized carbons (Fsp3) is 0.190. The van der Waals surface area contributed by atoms with Crippen molar-refractivity contribution in [1.29, 1.82) is 0 Å². The first-order valence-corrected chi connectivity index (χ1v) is 8.49. The number of amides is 2. The molecule has 0 bridgehead atoms. The van der Waals surface area contributed by atoms with Crippen molar-refractivity contribution in [2.45, 2.75) is 18.9 Å². The minimum absolute atomic E-state index is 0.182. The molecular formula is C21H20N2O2. The van der Waals surface area contributed by atoms with Crippen molar-refractivity contribution in [2.24, 2.45) is 0 Å². The minimum atomic E-state index is -0.182. The number of carbonyl (C=O) groups excluding carboxylic acids is 1. The van der Waals surface area contributed by atoms with Gasteiger partial charge in [-0.05, 0) is 30.0 Å². The average molecular weight is 332 g/mol. The van der Waals surface area contributed by atoms with Crippen LogP contribution in [-0.2, 0) is 6.42 Å². The number of fused-ring (bicyclic) bond motifs is 2. The summed E-state index contributed by atoms with van der Waals surface area (Å²) < 4.78 is 5.81. The fourth-order valence-corrected chi connectivity index (χ4v) is 3.62. The molecule has 1 aliphatic heterocycles. The van der Waals surface area contributed by atoms with Crippen molar-refractivity contribution < 1.29 is 9.53 Å². The lowest BCUT2D eigenvalue weighted by molar-refractivity contribution is 0.240. The second-order valence-electron chi connectivity index (χ2n) is 6.23. The highest BCUT2D eigenvalue weighted by Gasteiger charge is 2.33. The van der Waals surface area contributed by atoms with Gasteiger partial charge in [-0.15, -0.1) is 0 Å². The Morgan fingerprint density at radius 2 is 1.92 bits per heavy atom. The molecule has 0 spiro atoms. The van der Waals surface area contributed by atoms with Crippen LogP contribution in [0.3, 0.4) is 0 Å². The van der Waals surface area contributed by atoms with E-state index in [2.05, 4.69) is 29.3 Å². The van der Waals surface area contributed by atoms with Gasteiger partial charge < -0.3 is 15.4 Å². The van der Waals surface area contributed by atoms with Gasteiger partial charge >= 0.3 is 6.03 Å². The van der Waals surface area contributed by atoms with Crippen LogP contribution >= 0.6 is 0 Å². The van der Waals surface area contributed by atoms with Crippen molar-refractivity contribution >= 4 is 11.7 Å². The van der Waals surface area contributed by atoms with Crippen LogP contribution in [0, 0.1) is 0 Å². The van der Waals surface area contributed by atoms with Crippen LogP contribution in [0.4, 0.5) is 4.79 Å². The van der Waals surface area contributed by atoms with Gasteiger partial charge in [-0.25, -0.2) is 4.79 Å². The van der Waals surface area contributed by atoms with Crippen LogP contribution in [0.15, 0.2) is 66.8 Å². The van der Waals surface area contributed by atoms with E-state index in [4.69, 9.17) is 4.74 Å². The van der Waals surface area contributed by atoms with Crippen molar-refractivity contribution in [2.75, 3.05) is 6.61 Å². The van der Waals surface area contributed by atoms with E-state index in [1.165, 1.54) is 11.1 Å². The monoisotopic (exact) mass is 332 g/mol. The highest BCUT2D eigenvalue weighted by molar-refractivity contribution is 5.91. The zero-order valence-electron chi connectivity index (χ0n) is 13.9. The third-order valence-corrected chi connectivity index (χ3v) is 4.72. The third-order valence-electron chi connectivity index (χ3n) is 4.72. The molecular weight excluding hydrogens is 312 g/mol. The molecule has 0 fully saturated rings. The predicted molar refractivity (Wildman–Crippen MR) is 98.2 cm³/mol. The molecule has 0 aromatic heterocycles. The summed E-state index contributed by atoms with van der Waals surface area (Å²) in [5.74, 6) is 0.778. The predicted octanol–water partition coefficient (Wildman–Crippen LogP) is 3.96. The highest BCUT2D eigenvalue weighted by Crippen LogP contribution is 2.40. The van der Waals surface area contributed by atoms with Gasteiger partial charge in [0.25, 0.3) is 0 Å². The minimum Gasteiger partial charge on any atom is -0.489 e. The lowest BCUT2D eigenvalue weighted by Crippen LogP contribution is -2.44. The quantitative estimate of drug-likeness (QED) is 0.833. The molecule has 0 saturated carbocycles. The molecule has 2 N–H and O–H groups in total. The van der Waals surface area contributed by atoms with Gasteiger partial charge in [-0.1, -0.05) is 55.1 Å². The summed E-state index contributed by atoms with van der Waals surface area (Å²) in [5.41, 5.74) is 5.51. The molecule has 0 saturated heterocycles. The largest absolute Gasteiger partial charge is 0.489 e. The summed E-state index contributed by atoms with van der Waals surface area (Å²) in [6.07, 6.45) is 3.60. The number of benzene rings is 2. The number of urea groups is 1. The molecule has 4 heteroatoms. The fourth-order valence-electron chi connectivity index (χ4n) is 3.62. The van der Waals surface area contributed by atoms with Gasteiger partial charge in [-0.2, -0.15) is 0 Å². The van der Waals surface area contributed by atoms with Crippen molar-refractivity contribution in [3.63, 3.8) is 0 Å². The maximum atomic E-state index is 12.3. The molecule has 1 aliphatic carbocycles. The average Bonchev–Trinajstić information content (AvgIpc) is 2.66. The van der Waals surface area contributed by atoms with Crippen LogP contribution in [0.5, 0.6) is 5.75 Å².